The normalized spacial score (nSPS) is 11.3. The molecule has 2 aromatic heterocycles. The molecule has 0 unspecified atom stereocenters. The first kappa shape index (κ1) is 21.2. The van der Waals surface area contributed by atoms with Crippen LogP contribution in [0.4, 0.5) is 5.95 Å². The maximum Gasteiger partial charge on any atom is 0.265 e. The molecule has 1 N–H and O–H groups in total. The molecule has 2 heterocycles. The monoisotopic (exact) mass is 431 g/mol. The van der Waals surface area contributed by atoms with E-state index in [4.69, 9.17) is 4.74 Å². The molecule has 32 heavy (non-hydrogen) atoms. The molecule has 9 nitrogen and oxygen atoms in total. The van der Waals surface area contributed by atoms with E-state index in [0.717, 1.165) is 27.6 Å². The van der Waals surface area contributed by atoms with E-state index in [-0.39, 0.29) is 12.5 Å². The first-order chi connectivity index (χ1) is 15.6. The van der Waals surface area contributed by atoms with Crippen LogP contribution < -0.4 is 10.2 Å². The van der Waals surface area contributed by atoms with Crippen LogP contribution in [0.15, 0.2) is 53.6 Å². The number of carbonyl (C=O) groups excluding carboxylic acids is 1. The Labute approximate surface area is 185 Å². The largest absolute Gasteiger partial charge is 0.484 e. The van der Waals surface area contributed by atoms with Crippen molar-refractivity contribution in [3.63, 3.8) is 0 Å². The smallest absolute Gasteiger partial charge is 0.265 e. The van der Waals surface area contributed by atoms with Crippen molar-refractivity contribution in [2.24, 2.45) is 12.1 Å². The van der Waals surface area contributed by atoms with E-state index in [1.54, 1.807) is 23.2 Å². The van der Waals surface area contributed by atoms with Gasteiger partial charge < -0.3 is 14.2 Å². The number of ether oxygens (including phenoxy) is 1. The van der Waals surface area contributed by atoms with Crippen LogP contribution in [0.25, 0.3) is 22.1 Å². The fraction of sp³-hybridized carbons (Fsp3) is 0.261. The van der Waals surface area contributed by atoms with Crippen LogP contribution in [0, 0.1) is 0 Å². The second-order valence-electron chi connectivity index (χ2n) is 7.18. The van der Waals surface area contributed by atoms with Gasteiger partial charge in [-0.25, -0.2) is 5.43 Å². The number of amides is 1. The molecule has 4 aromatic rings. The number of hydrogen-bond acceptors (Lipinski definition) is 7. The average Bonchev–Trinajstić information content (AvgIpc) is 3.11. The van der Waals surface area contributed by atoms with Crippen molar-refractivity contribution < 1.29 is 9.53 Å². The molecule has 1 amide bonds. The third-order valence-corrected chi connectivity index (χ3v) is 5.24. The highest BCUT2D eigenvalue weighted by molar-refractivity contribution is 6.04. The van der Waals surface area contributed by atoms with E-state index in [0.29, 0.717) is 24.8 Å². The summed E-state index contributed by atoms with van der Waals surface area (Å²) in [5, 5.41) is 13.7. The van der Waals surface area contributed by atoms with Crippen molar-refractivity contribution in [2.75, 3.05) is 25.1 Å². The van der Waals surface area contributed by atoms with E-state index in [2.05, 4.69) is 25.7 Å². The van der Waals surface area contributed by atoms with Crippen LogP contribution >= 0.6 is 0 Å². The molecule has 0 aliphatic heterocycles. The summed E-state index contributed by atoms with van der Waals surface area (Å²) in [6, 6.07) is 15.3. The molecule has 4 rings (SSSR count). The van der Waals surface area contributed by atoms with Crippen LogP contribution in [-0.2, 0) is 11.8 Å². The standard InChI is InChI=1S/C23H25N7O2/c1-4-30(5-2)20(31)15-32-17-12-10-16(11-13-17)14-24-27-23-25-22-21(26-28-23)18-8-6-7-9-19(18)29(22)3/h6-14H,4-5,15H2,1-3H3,(H,25,27,28)/b24-14+. The number of aryl methyl sites for hydroxylation is 1. The zero-order valence-corrected chi connectivity index (χ0v) is 18.3. The Morgan fingerprint density at radius 2 is 1.88 bits per heavy atom. The summed E-state index contributed by atoms with van der Waals surface area (Å²) < 4.78 is 7.56. The lowest BCUT2D eigenvalue weighted by molar-refractivity contribution is -0.132. The Bertz CT molecular complexity index is 1260. The topological polar surface area (TPSA) is 97.5 Å². The molecule has 0 atom stereocenters. The quantitative estimate of drug-likeness (QED) is 0.340. The highest BCUT2D eigenvalue weighted by Gasteiger charge is 2.12. The number of para-hydroxylation sites is 1. The van der Waals surface area contributed by atoms with Gasteiger partial charge in [0.25, 0.3) is 11.9 Å². The summed E-state index contributed by atoms with van der Waals surface area (Å²) in [5.74, 6) is 0.917. The lowest BCUT2D eigenvalue weighted by Crippen LogP contribution is -2.34. The molecule has 2 aromatic carbocycles. The van der Waals surface area contributed by atoms with Gasteiger partial charge >= 0.3 is 0 Å². The van der Waals surface area contributed by atoms with Gasteiger partial charge in [-0.1, -0.05) is 18.2 Å². The molecule has 0 aliphatic rings. The number of carbonyl (C=O) groups is 1. The molecule has 0 saturated carbocycles. The van der Waals surface area contributed by atoms with Gasteiger partial charge in [0.15, 0.2) is 12.3 Å². The van der Waals surface area contributed by atoms with Crippen LogP contribution in [0.3, 0.4) is 0 Å². The van der Waals surface area contributed by atoms with E-state index < -0.39 is 0 Å². The van der Waals surface area contributed by atoms with E-state index in [9.17, 15) is 4.79 Å². The number of aromatic nitrogens is 4. The van der Waals surface area contributed by atoms with Crippen molar-refractivity contribution >= 4 is 40.1 Å². The number of anilines is 1. The van der Waals surface area contributed by atoms with Gasteiger partial charge in [0, 0.05) is 25.5 Å². The van der Waals surface area contributed by atoms with Gasteiger partial charge in [-0.3, -0.25) is 4.79 Å². The Morgan fingerprint density at radius 3 is 2.62 bits per heavy atom. The van der Waals surface area contributed by atoms with Crippen LogP contribution in [-0.4, -0.2) is 56.5 Å². The van der Waals surface area contributed by atoms with E-state index >= 15 is 0 Å². The molecular weight excluding hydrogens is 406 g/mol. The third-order valence-electron chi connectivity index (χ3n) is 5.24. The predicted molar refractivity (Wildman–Crippen MR) is 125 cm³/mol. The van der Waals surface area contributed by atoms with Crippen molar-refractivity contribution in [3.05, 3.63) is 54.1 Å². The summed E-state index contributed by atoms with van der Waals surface area (Å²) in [5.41, 5.74) is 6.23. The third kappa shape index (κ3) is 4.36. The van der Waals surface area contributed by atoms with Crippen molar-refractivity contribution in [2.45, 2.75) is 13.8 Å². The number of nitrogens with zero attached hydrogens (tertiary/aromatic N) is 6. The summed E-state index contributed by atoms with van der Waals surface area (Å²) in [4.78, 5) is 18.3. The Hall–Kier alpha value is -4.01. The first-order valence-electron chi connectivity index (χ1n) is 10.5. The first-order valence-corrected chi connectivity index (χ1v) is 10.5. The van der Waals surface area contributed by atoms with Gasteiger partial charge in [0.05, 0.1) is 11.7 Å². The Morgan fingerprint density at radius 1 is 1.12 bits per heavy atom. The predicted octanol–water partition coefficient (Wildman–Crippen LogP) is 3.21. The van der Waals surface area contributed by atoms with Gasteiger partial charge in [-0.15, -0.1) is 10.2 Å². The van der Waals surface area contributed by atoms with Crippen LogP contribution in [0.1, 0.15) is 19.4 Å². The summed E-state index contributed by atoms with van der Waals surface area (Å²) in [6.07, 6.45) is 1.65. The number of nitrogens with one attached hydrogen (secondary N) is 1. The second kappa shape index (κ2) is 9.42. The van der Waals surface area contributed by atoms with Crippen molar-refractivity contribution in [1.82, 2.24) is 24.6 Å². The van der Waals surface area contributed by atoms with Crippen molar-refractivity contribution in [3.8, 4) is 5.75 Å². The van der Waals surface area contributed by atoms with Crippen LogP contribution in [0.5, 0.6) is 5.75 Å². The lowest BCUT2D eigenvalue weighted by atomic mass is 10.2. The molecular formula is C23H25N7O2. The number of benzene rings is 2. The zero-order chi connectivity index (χ0) is 22.5. The molecule has 0 fully saturated rings. The van der Waals surface area contributed by atoms with Gasteiger partial charge in [0.1, 0.15) is 11.3 Å². The fourth-order valence-electron chi connectivity index (χ4n) is 3.48. The highest BCUT2D eigenvalue weighted by atomic mass is 16.5. The highest BCUT2D eigenvalue weighted by Crippen LogP contribution is 2.24. The Balaban J connectivity index is 1.38. The molecule has 164 valence electrons. The maximum absolute atomic E-state index is 12.0. The molecule has 0 spiro atoms. The molecule has 0 radical (unpaired) electrons. The van der Waals surface area contributed by atoms with E-state index in [1.807, 2.05) is 61.9 Å². The van der Waals surface area contributed by atoms with Gasteiger partial charge in [-0.05, 0) is 49.7 Å². The molecule has 0 bridgehead atoms. The van der Waals surface area contributed by atoms with E-state index in [1.165, 1.54) is 0 Å². The number of fused-ring (bicyclic) bond motifs is 3. The minimum atomic E-state index is -0.0264. The SMILES string of the molecule is CCN(CC)C(=O)COc1ccc(/C=N/Nc2nnc3c4ccccc4n(C)c3n2)cc1. The zero-order valence-electron chi connectivity index (χ0n) is 18.3. The molecule has 0 saturated heterocycles. The summed E-state index contributed by atoms with van der Waals surface area (Å²) in [7, 11) is 1.95. The maximum atomic E-state index is 12.0. The van der Waals surface area contributed by atoms with Gasteiger partial charge in [0.2, 0.25) is 0 Å². The molecule has 9 heteroatoms. The number of hydrogen-bond donors (Lipinski definition) is 1. The van der Waals surface area contributed by atoms with Crippen molar-refractivity contribution in [1.29, 1.82) is 0 Å². The lowest BCUT2D eigenvalue weighted by Gasteiger charge is -2.18. The minimum absolute atomic E-state index is 0.0254. The summed E-state index contributed by atoms with van der Waals surface area (Å²) >= 11 is 0. The number of rotatable bonds is 8. The van der Waals surface area contributed by atoms with Gasteiger partial charge in [-0.2, -0.15) is 10.1 Å². The average molecular weight is 432 g/mol. The fourth-order valence-corrected chi connectivity index (χ4v) is 3.48. The number of likely N-dealkylation sites (N-methyl/N-ethyl adjacent to an activating group) is 1. The minimum Gasteiger partial charge on any atom is -0.484 e. The second-order valence-corrected chi connectivity index (χ2v) is 7.18. The van der Waals surface area contributed by atoms with Crippen LogP contribution in [0.2, 0.25) is 0 Å². The Kier molecular flexibility index (Phi) is 6.25. The summed E-state index contributed by atoms with van der Waals surface area (Å²) in [6.45, 7) is 5.27. The number of hydrazone groups is 1. The molecule has 0 aliphatic carbocycles.